The normalized spacial score (nSPS) is 17.4. The Hall–Kier alpha value is -1.89. The molecule has 0 atom stereocenters. The number of hydrogen-bond donors (Lipinski definition) is 3. The van der Waals surface area contributed by atoms with Crippen molar-refractivity contribution in [2.24, 2.45) is 5.73 Å². The Morgan fingerprint density at radius 1 is 1.27 bits per heavy atom. The lowest BCUT2D eigenvalue weighted by Gasteiger charge is -2.38. The van der Waals surface area contributed by atoms with Crippen molar-refractivity contribution < 1.29 is 14.9 Å². The van der Waals surface area contributed by atoms with Crippen LogP contribution in [0.1, 0.15) is 58.9 Å². The first-order valence-corrected chi connectivity index (χ1v) is 9.59. The molecule has 0 unspecified atom stereocenters. The number of primary amides is 1. The fourth-order valence-electron chi connectivity index (χ4n) is 3.86. The zero-order chi connectivity index (χ0) is 19.3. The molecule has 2 amide bonds. The molecule has 1 aliphatic heterocycles. The van der Waals surface area contributed by atoms with Crippen molar-refractivity contribution in [1.82, 2.24) is 0 Å². The third-order valence-corrected chi connectivity index (χ3v) is 6.26. The molecule has 0 spiro atoms. The largest absolute Gasteiger partial charge is 0.365 e. The SMILES string of the molecule is CC1(C)Cc2c(sc(NC(=O)c3cccc(Cl)c3)c2C(N)=O)C(C)(C)[NH2+]1. The lowest BCUT2D eigenvalue weighted by molar-refractivity contribution is -0.789. The molecular weight excluding hydrogens is 370 g/mol. The maximum Gasteiger partial charge on any atom is 0.256 e. The van der Waals surface area contributed by atoms with E-state index in [1.54, 1.807) is 24.3 Å². The summed E-state index contributed by atoms with van der Waals surface area (Å²) in [5.74, 6) is -0.827. The van der Waals surface area contributed by atoms with Crippen molar-refractivity contribution in [3.63, 3.8) is 0 Å². The second kappa shape index (κ2) is 6.37. The zero-order valence-corrected chi connectivity index (χ0v) is 16.8. The fourth-order valence-corrected chi connectivity index (χ4v) is 5.34. The van der Waals surface area contributed by atoms with Crippen LogP contribution < -0.4 is 16.4 Å². The molecule has 5 N–H and O–H groups in total. The minimum absolute atomic E-state index is 0.0595. The molecule has 3 rings (SSSR count). The predicted molar refractivity (Wildman–Crippen MR) is 105 cm³/mol. The van der Waals surface area contributed by atoms with Gasteiger partial charge in [0.1, 0.15) is 10.5 Å². The van der Waals surface area contributed by atoms with E-state index in [4.69, 9.17) is 17.3 Å². The first kappa shape index (κ1) is 18.9. The van der Waals surface area contributed by atoms with Gasteiger partial charge in [0.25, 0.3) is 11.8 Å². The van der Waals surface area contributed by atoms with E-state index in [1.165, 1.54) is 11.3 Å². The Morgan fingerprint density at radius 3 is 2.58 bits per heavy atom. The number of halogens is 1. The first-order valence-electron chi connectivity index (χ1n) is 8.40. The van der Waals surface area contributed by atoms with Crippen molar-refractivity contribution >= 4 is 39.8 Å². The first-order chi connectivity index (χ1) is 12.0. The van der Waals surface area contributed by atoms with E-state index >= 15 is 0 Å². The van der Waals surface area contributed by atoms with Crippen molar-refractivity contribution in [1.29, 1.82) is 0 Å². The van der Waals surface area contributed by atoms with Crippen molar-refractivity contribution in [3.05, 3.63) is 50.9 Å². The van der Waals surface area contributed by atoms with Gasteiger partial charge in [0, 0.05) is 17.0 Å². The van der Waals surface area contributed by atoms with Crippen LogP contribution in [0.5, 0.6) is 0 Å². The summed E-state index contributed by atoms with van der Waals surface area (Å²) in [5, 5.41) is 6.15. The van der Waals surface area contributed by atoms with Gasteiger partial charge in [-0.05, 0) is 51.5 Å². The van der Waals surface area contributed by atoms with Gasteiger partial charge in [0.15, 0.2) is 0 Å². The van der Waals surface area contributed by atoms with E-state index in [2.05, 4.69) is 38.3 Å². The van der Waals surface area contributed by atoms with Gasteiger partial charge in [0.05, 0.1) is 16.0 Å². The number of quaternary nitrogens is 1. The van der Waals surface area contributed by atoms with Gasteiger partial charge in [-0.3, -0.25) is 9.59 Å². The molecule has 7 heteroatoms. The summed E-state index contributed by atoms with van der Waals surface area (Å²) in [6.45, 7) is 8.53. The van der Waals surface area contributed by atoms with E-state index in [0.29, 0.717) is 27.6 Å². The van der Waals surface area contributed by atoms with Crippen LogP contribution in [0.25, 0.3) is 0 Å². The number of anilines is 1. The molecule has 26 heavy (non-hydrogen) atoms. The summed E-state index contributed by atoms with van der Waals surface area (Å²) in [5.41, 5.74) is 7.23. The quantitative estimate of drug-likeness (QED) is 0.749. The summed E-state index contributed by atoms with van der Waals surface area (Å²) < 4.78 is 0. The number of hydrogen-bond acceptors (Lipinski definition) is 3. The molecule has 0 aliphatic carbocycles. The molecule has 138 valence electrons. The van der Waals surface area contributed by atoms with Crippen molar-refractivity contribution in [2.75, 3.05) is 5.32 Å². The molecule has 0 fully saturated rings. The predicted octanol–water partition coefficient (Wildman–Crippen LogP) is 2.89. The van der Waals surface area contributed by atoms with E-state index in [-0.39, 0.29) is 17.0 Å². The topological polar surface area (TPSA) is 88.8 Å². The van der Waals surface area contributed by atoms with Gasteiger partial charge in [-0.2, -0.15) is 0 Å². The van der Waals surface area contributed by atoms with E-state index in [0.717, 1.165) is 10.4 Å². The molecule has 1 aromatic heterocycles. The average Bonchev–Trinajstić information content (AvgIpc) is 2.84. The van der Waals surface area contributed by atoms with E-state index in [1.807, 2.05) is 0 Å². The maximum atomic E-state index is 12.6. The Morgan fingerprint density at radius 2 is 1.96 bits per heavy atom. The Kier molecular flexibility index (Phi) is 4.63. The maximum absolute atomic E-state index is 12.6. The zero-order valence-electron chi connectivity index (χ0n) is 15.3. The molecule has 2 heterocycles. The van der Waals surface area contributed by atoms with E-state index in [9.17, 15) is 9.59 Å². The lowest BCUT2D eigenvalue weighted by atomic mass is 9.81. The van der Waals surface area contributed by atoms with Gasteiger partial charge in [-0.1, -0.05) is 17.7 Å². The molecule has 1 aromatic carbocycles. The number of rotatable bonds is 3. The van der Waals surface area contributed by atoms with Crippen molar-refractivity contribution in [2.45, 2.75) is 45.2 Å². The Bertz CT molecular complexity index is 902. The summed E-state index contributed by atoms with van der Waals surface area (Å²) in [7, 11) is 0. The van der Waals surface area contributed by atoms with Gasteiger partial charge < -0.3 is 16.4 Å². The summed E-state index contributed by atoms with van der Waals surface area (Å²) in [6.07, 6.45) is 0.716. The number of benzene rings is 1. The van der Waals surface area contributed by atoms with Crippen LogP contribution in [-0.4, -0.2) is 17.4 Å². The molecular formula is C19H23ClN3O2S+. The number of carbonyl (C=O) groups excluding carboxylic acids is 2. The van der Waals surface area contributed by atoms with Crippen LogP contribution in [-0.2, 0) is 12.0 Å². The highest BCUT2D eigenvalue weighted by atomic mass is 35.5. The minimum atomic E-state index is -0.516. The Balaban J connectivity index is 2.05. The third-order valence-electron chi connectivity index (χ3n) is 4.54. The number of nitrogens with two attached hydrogens (primary N) is 2. The summed E-state index contributed by atoms with van der Waals surface area (Å²) in [4.78, 5) is 25.9. The summed E-state index contributed by atoms with van der Waals surface area (Å²) in [6, 6.07) is 6.69. The monoisotopic (exact) mass is 392 g/mol. The van der Waals surface area contributed by atoms with Crippen LogP contribution in [0.4, 0.5) is 5.00 Å². The standard InChI is InChI=1S/C19H22ClN3O2S/c1-18(2)9-12-13(15(21)24)17(26-14(12)19(3,4)23-18)22-16(25)10-6-5-7-11(20)8-10/h5-8,23H,9H2,1-4H3,(H2,21,24)(H,22,25)/p+1. The second-order valence-corrected chi connectivity index (χ2v) is 9.43. The number of carbonyl (C=O) groups is 2. The third kappa shape index (κ3) is 3.49. The van der Waals surface area contributed by atoms with Crippen LogP contribution in [0.3, 0.4) is 0 Å². The van der Waals surface area contributed by atoms with Crippen LogP contribution >= 0.6 is 22.9 Å². The van der Waals surface area contributed by atoms with Gasteiger partial charge in [-0.25, -0.2) is 0 Å². The fraction of sp³-hybridized carbons (Fsp3) is 0.368. The molecule has 0 saturated heterocycles. The smallest absolute Gasteiger partial charge is 0.256 e. The number of nitrogens with one attached hydrogen (secondary N) is 1. The second-order valence-electron chi connectivity index (χ2n) is 7.97. The lowest BCUT2D eigenvalue weighted by Crippen LogP contribution is -3.03. The van der Waals surface area contributed by atoms with Crippen LogP contribution in [0.2, 0.25) is 5.02 Å². The highest BCUT2D eigenvalue weighted by Crippen LogP contribution is 2.42. The molecule has 0 saturated carbocycles. The Labute approximate surface area is 161 Å². The van der Waals surface area contributed by atoms with Crippen LogP contribution in [0.15, 0.2) is 24.3 Å². The highest BCUT2D eigenvalue weighted by Gasteiger charge is 2.45. The molecule has 1 aliphatic rings. The van der Waals surface area contributed by atoms with Gasteiger partial charge in [-0.15, -0.1) is 11.3 Å². The molecule has 5 nitrogen and oxygen atoms in total. The van der Waals surface area contributed by atoms with Crippen LogP contribution in [0, 0.1) is 0 Å². The average molecular weight is 393 g/mol. The number of thiophene rings is 1. The molecule has 2 aromatic rings. The van der Waals surface area contributed by atoms with Crippen molar-refractivity contribution in [3.8, 4) is 0 Å². The highest BCUT2D eigenvalue weighted by molar-refractivity contribution is 7.17. The molecule has 0 radical (unpaired) electrons. The number of fused-ring (bicyclic) bond motifs is 1. The minimum Gasteiger partial charge on any atom is -0.365 e. The number of amides is 2. The molecule has 0 bridgehead atoms. The van der Waals surface area contributed by atoms with Gasteiger partial charge in [0.2, 0.25) is 0 Å². The van der Waals surface area contributed by atoms with Gasteiger partial charge >= 0.3 is 0 Å². The summed E-state index contributed by atoms with van der Waals surface area (Å²) >= 11 is 7.40. The van der Waals surface area contributed by atoms with E-state index < -0.39 is 5.91 Å².